The van der Waals surface area contributed by atoms with E-state index >= 15 is 0 Å². The number of hydrogen-bond acceptors (Lipinski definition) is 3. The molecule has 2 rings (SSSR count). The van der Waals surface area contributed by atoms with Crippen molar-refractivity contribution in [2.45, 2.75) is 12.8 Å². The molecule has 1 amide bonds. The van der Waals surface area contributed by atoms with Gasteiger partial charge in [0.1, 0.15) is 0 Å². The zero-order valence-corrected chi connectivity index (χ0v) is 11.3. The molecule has 0 saturated carbocycles. The van der Waals surface area contributed by atoms with E-state index < -0.39 is 11.9 Å². The SMILES string of the molecule is O=C(O)CC(Cc1ccccc1)C(=O)N1CCOCC1. The third kappa shape index (κ3) is 4.06. The van der Waals surface area contributed by atoms with E-state index in [-0.39, 0.29) is 12.3 Å². The van der Waals surface area contributed by atoms with E-state index in [1.54, 1.807) is 4.90 Å². The maximum absolute atomic E-state index is 12.4. The lowest BCUT2D eigenvalue weighted by molar-refractivity contribution is -0.146. The van der Waals surface area contributed by atoms with E-state index in [0.717, 1.165) is 5.56 Å². The number of ether oxygens (including phenoxy) is 1. The number of nitrogens with zero attached hydrogens (tertiary/aromatic N) is 1. The fraction of sp³-hybridized carbons (Fsp3) is 0.467. The van der Waals surface area contributed by atoms with Crippen LogP contribution in [-0.4, -0.2) is 48.2 Å². The largest absolute Gasteiger partial charge is 0.481 e. The highest BCUT2D eigenvalue weighted by Gasteiger charge is 2.27. The van der Waals surface area contributed by atoms with Crippen LogP contribution in [0.5, 0.6) is 0 Å². The van der Waals surface area contributed by atoms with Gasteiger partial charge >= 0.3 is 5.97 Å². The van der Waals surface area contributed by atoms with Gasteiger partial charge < -0.3 is 14.7 Å². The molecule has 1 aromatic carbocycles. The Bertz CT molecular complexity index is 454. The van der Waals surface area contributed by atoms with Crippen LogP contribution in [0.2, 0.25) is 0 Å². The molecule has 1 aromatic rings. The Balaban J connectivity index is 2.05. The number of carbonyl (C=O) groups is 2. The molecule has 0 aromatic heterocycles. The molecule has 1 heterocycles. The van der Waals surface area contributed by atoms with E-state index in [1.165, 1.54) is 0 Å². The van der Waals surface area contributed by atoms with Crippen LogP contribution in [0.1, 0.15) is 12.0 Å². The molecule has 1 saturated heterocycles. The molecule has 1 aliphatic heterocycles. The molecule has 1 atom stereocenters. The smallest absolute Gasteiger partial charge is 0.304 e. The molecule has 108 valence electrons. The van der Waals surface area contributed by atoms with Gasteiger partial charge in [0, 0.05) is 13.1 Å². The quantitative estimate of drug-likeness (QED) is 0.877. The Morgan fingerprint density at radius 1 is 1.20 bits per heavy atom. The van der Waals surface area contributed by atoms with Crippen LogP contribution in [0.15, 0.2) is 30.3 Å². The van der Waals surface area contributed by atoms with E-state index in [4.69, 9.17) is 9.84 Å². The number of carbonyl (C=O) groups excluding carboxylic acids is 1. The maximum Gasteiger partial charge on any atom is 0.304 e. The van der Waals surface area contributed by atoms with Crippen molar-refractivity contribution in [2.24, 2.45) is 5.92 Å². The fourth-order valence-electron chi connectivity index (χ4n) is 2.40. The van der Waals surface area contributed by atoms with Crippen LogP contribution in [0.3, 0.4) is 0 Å². The predicted octanol–water partition coefficient (Wildman–Crippen LogP) is 1.18. The lowest BCUT2D eigenvalue weighted by Crippen LogP contribution is -2.44. The van der Waals surface area contributed by atoms with Gasteiger partial charge in [-0.1, -0.05) is 30.3 Å². The molecule has 0 spiro atoms. The summed E-state index contributed by atoms with van der Waals surface area (Å²) in [7, 11) is 0. The highest BCUT2D eigenvalue weighted by molar-refractivity contribution is 5.83. The highest BCUT2D eigenvalue weighted by Crippen LogP contribution is 2.16. The second-order valence-corrected chi connectivity index (χ2v) is 4.92. The zero-order valence-electron chi connectivity index (χ0n) is 11.3. The maximum atomic E-state index is 12.4. The highest BCUT2D eigenvalue weighted by atomic mass is 16.5. The van der Waals surface area contributed by atoms with Crippen molar-refractivity contribution in [1.82, 2.24) is 4.90 Å². The number of rotatable bonds is 5. The minimum atomic E-state index is -0.937. The molecule has 0 aliphatic carbocycles. The first-order chi connectivity index (χ1) is 9.66. The van der Waals surface area contributed by atoms with Gasteiger partial charge in [0.05, 0.1) is 25.6 Å². The first kappa shape index (κ1) is 14.5. The molecular formula is C15H19NO4. The second-order valence-electron chi connectivity index (χ2n) is 4.92. The summed E-state index contributed by atoms with van der Waals surface area (Å²) in [6, 6.07) is 9.53. The lowest BCUT2D eigenvalue weighted by atomic mass is 9.94. The summed E-state index contributed by atoms with van der Waals surface area (Å²) in [4.78, 5) is 25.1. The van der Waals surface area contributed by atoms with Crippen molar-refractivity contribution < 1.29 is 19.4 Å². The van der Waals surface area contributed by atoms with Crippen LogP contribution in [-0.2, 0) is 20.7 Å². The summed E-state index contributed by atoms with van der Waals surface area (Å²) in [5, 5.41) is 9.01. The number of aliphatic carboxylic acids is 1. The van der Waals surface area contributed by atoms with Gasteiger partial charge in [0.25, 0.3) is 0 Å². The molecule has 1 N–H and O–H groups in total. The summed E-state index contributed by atoms with van der Waals surface area (Å²) < 4.78 is 5.22. The molecule has 5 nitrogen and oxygen atoms in total. The van der Waals surface area contributed by atoms with Crippen molar-refractivity contribution in [1.29, 1.82) is 0 Å². The molecular weight excluding hydrogens is 258 g/mol. The minimum absolute atomic E-state index is 0.0837. The van der Waals surface area contributed by atoms with Gasteiger partial charge in [0.2, 0.25) is 5.91 Å². The van der Waals surface area contributed by atoms with Crippen molar-refractivity contribution >= 4 is 11.9 Å². The predicted molar refractivity (Wildman–Crippen MR) is 73.3 cm³/mol. The normalized spacial score (nSPS) is 16.7. The second kappa shape index (κ2) is 7.05. The topological polar surface area (TPSA) is 66.8 Å². The Morgan fingerprint density at radius 3 is 2.45 bits per heavy atom. The van der Waals surface area contributed by atoms with Crippen LogP contribution < -0.4 is 0 Å². The summed E-state index contributed by atoms with van der Waals surface area (Å²) >= 11 is 0. The average Bonchev–Trinajstić information content (AvgIpc) is 2.47. The number of morpholine rings is 1. The molecule has 20 heavy (non-hydrogen) atoms. The van der Waals surface area contributed by atoms with Crippen molar-refractivity contribution in [3.8, 4) is 0 Å². The molecule has 5 heteroatoms. The number of hydrogen-bond donors (Lipinski definition) is 1. The van der Waals surface area contributed by atoms with E-state index in [9.17, 15) is 9.59 Å². The first-order valence-corrected chi connectivity index (χ1v) is 6.79. The van der Waals surface area contributed by atoms with Crippen LogP contribution in [0, 0.1) is 5.92 Å². The van der Waals surface area contributed by atoms with Crippen molar-refractivity contribution in [3.63, 3.8) is 0 Å². The van der Waals surface area contributed by atoms with Gasteiger partial charge in [-0.2, -0.15) is 0 Å². The van der Waals surface area contributed by atoms with Gasteiger partial charge in [-0.25, -0.2) is 0 Å². The van der Waals surface area contributed by atoms with Crippen LogP contribution >= 0.6 is 0 Å². The summed E-state index contributed by atoms with van der Waals surface area (Å²) in [5.41, 5.74) is 0.986. The molecule has 1 unspecified atom stereocenters. The van der Waals surface area contributed by atoms with E-state index in [1.807, 2.05) is 30.3 Å². The summed E-state index contributed by atoms with van der Waals surface area (Å²) in [6.45, 7) is 2.14. The zero-order chi connectivity index (χ0) is 14.4. The van der Waals surface area contributed by atoms with Crippen molar-refractivity contribution in [2.75, 3.05) is 26.3 Å². The van der Waals surface area contributed by atoms with Crippen LogP contribution in [0.25, 0.3) is 0 Å². The van der Waals surface area contributed by atoms with Gasteiger partial charge in [0.15, 0.2) is 0 Å². The molecule has 0 bridgehead atoms. The number of benzene rings is 1. The number of carboxylic acids is 1. The Labute approximate surface area is 118 Å². The lowest BCUT2D eigenvalue weighted by Gasteiger charge is -2.30. The Kier molecular flexibility index (Phi) is 5.12. The minimum Gasteiger partial charge on any atom is -0.481 e. The standard InChI is InChI=1S/C15H19NO4/c17-14(18)11-13(10-12-4-2-1-3-5-12)15(19)16-6-8-20-9-7-16/h1-5,13H,6-11H2,(H,17,18). The summed E-state index contributed by atoms with van der Waals surface area (Å²) in [6.07, 6.45) is 0.328. The van der Waals surface area contributed by atoms with E-state index in [0.29, 0.717) is 32.7 Å². The Morgan fingerprint density at radius 2 is 1.85 bits per heavy atom. The summed E-state index contributed by atoms with van der Waals surface area (Å²) in [5.74, 6) is -1.53. The monoisotopic (exact) mass is 277 g/mol. The Hall–Kier alpha value is -1.88. The van der Waals surface area contributed by atoms with Crippen molar-refractivity contribution in [3.05, 3.63) is 35.9 Å². The first-order valence-electron chi connectivity index (χ1n) is 6.79. The molecule has 1 aliphatic rings. The van der Waals surface area contributed by atoms with Gasteiger partial charge in [-0.15, -0.1) is 0 Å². The number of amides is 1. The fourth-order valence-corrected chi connectivity index (χ4v) is 2.40. The van der Waals surface area contributed by atoms with Crippen LogP contribution in [0.4, 0.5) is 0 Å². The molecule has 1 fully saturated rings. The van der Waals surface area contributed by atoms with Gasteiger partial charge in [-0.3, -0.25) is 9.59 Å². The number of carboxylic acid groups (broad SMARTS) is 1. The van der Waals surface area contributed by atoms with Gasteiger partial charge in [-0.05, 0) is 12.0 Å². The average molecular weight is 277 g/mol. The third-order valence-corrected chi connectivity index (χ3v) is 3.42. The third-order valence-electron chi connectivity index (χ3n) is 3.42. The molecule has 0 radical (unpaired) electrons. The van der Waals surface area contributed by atoms with E-state index in [2.05, 4.69) is 0 Å².